The summed E-state index contributed by atoms with van der Waals surface area (Å²) in [6, 6.07) is 10.0. The molecule has 0 saturated carbocycles. The topological polar surface area (TPSA) is 109 Å². The first-order chi connectivity index (χ1) is 18.7. The van der Waals surface area contributed by atoms with E-state index in [0.29, 0.717) is 12.2 Å². The third-order valence-electron chi connectivity index (χ3n) is 8.33. The van der Waals surface area contributed by atoms with Crippen LogP contribution in [0.5, 0.6) is 0 Å². The fourth-order valence-corrected chi connectivity index (χ4v) is 5.83. The van der Waals surface area contributed by atoms with Crippen LogP contribution in [0.25, 0.3) is 0 Å². The first kappa shape index (κ1) is 28.5. The largest absolute Gasteiger partial charge is 0.550 e. The van der Waals surface area contributed by atoms with E-state index in [-0.39, 0.29) is 0 Å². The molecule has 8 nitrogen and oxygen atoms in total. The van der Waals surface area contributed by atoms with Gasteiger partial charge in [0.1, 0.15) is 11.5 Å². The molecule has 0 unspecified atom stereocenters. The zero-order chi connectivity index (χ0) is 28.2. The molecule has 39 heavy (non-hydrogen) atoms. The lowest BCUT2D eigenvalue weighted by Gasteiger charge is -2.37. The van der Waals surface area contributed by atoms with Crippen molar-refractivity contribution >= 4 is 17.3 Å². The van der Waals surface area contributed by atoms with E-state index in [4.69, 9.17) is 5.53 Å². The molecule has 2 heterocycles. The van der Waals surface area contributed by atoms with Gasteiger partial charge >= 0.3 is 0 Å². The molecule has 1 fully saturated rings. The number of nitrogens with one attached hydrogen (secondary N) is 2. The van der Waals surface area contributed by atoms with Crippen molar-refractivity contribution in [3.63, 3.8) is 0 Å². The molecule has 208 valence electrons. The second-order valence-electron chi connectivity index (χ2n) is 11.3. The Morgan fingerprint density at radius 2 is 1.85 bits per heavy atom. The predicted octanol–water partition coefficient (Wildman–Crippen LogP) is 5.54. The summed E-state index contributed by atoms with van der Waals surface area (Å²) < 4.78 is 2.21. The van der Waals surface area contributed by atoms with Gasteiger partial charge < -0.3 is 19.8 Å². The fourth-order valence-electron chi connectivity index (χ4n) is 5.83. The number of aliphatic carboxylic acids is 1. The molecule has 1 aliphatic heterocycles. The molecule has 1 aliphatic rings. The van der Waals surface area contributed by atoms with Crippen LogP contribution < -0.4 is 10.4 Å². The maximum Gasteiger partial charge on any atom is 0.123 e. The Bertz CT molecular complexity index is 1320. The van der Waals surface area contributed by atoms with Gasteiger partial charge in [-0.2, -0.15) is 5.11 Å². The van der Waals surface area contributed by atoms with E-state index in [9.17, 15) is 9.90 Å². The molecular formula is C31H41N6O2-. The molecule has 1 saturated heterocycles. The van der Waals surface area contributed by atoms with Crippen LogP contribution in [0.3, 0.4) is 0 Å². The fraction of sp³-hybridized carbons (Fsp3) is 0.484. The van der Waals surface area contributed by atoms with Crippen molar-refractivity contribution in [2.45, 2.75) is 72.4 Å². The number of benzene rings is 2. The Balaban J connectivity index is 1.73. The second-order valence-corrected chi connectivity index (χ2v) is 11.3. The van der Waals surface area contributed by atoms with E-state index in [1.54, 1.807) is 20.9 Å². The van der Waals surface area contributed by atoms with Gasteiger partial charge in [0.2, 0.25) is 0 Å². The summed E-state index contributed by atoms with van der Waals surface area (Å²) in [6.45, 7) is 11.1. The minimum atomic E-state index is -1.20. The molecular weight excluding hydrogens is 488 g/mol. The molecule has 1 aromatic heterocycles. The maximum absolute atomic E-state index is 12.5. The maximum atomic E-state index is 12.5. The molecule has 8 heteroatoms. The van der Waals surface area contributed by atoms with Crippen LogP contribution >= 0.6 is 0 Å². The number of likely N-dealkylation sites (tertiary alicyclic amines) is 1. The molecule has 0 bridgehead atoms. The molecule has 4 rings (SSSR count). The van der Waals surface area contributed by atoms with Crippen LogP contribution in [-0.2, 0) is 17.9 Å². The Hall–Kier alpha value is -3.52. The summed E-state index contributed by atoms with van der Waals surface area (Å²) in [4.78, 5) is 19.6. The van der Waals surface area contributed by atoms with Crippen molar-refractivity contribution in [1.82, 2.24) is 14.5 Å². The minimum Gasteiger partial charge on any atom is -0.550 e. The van der Waals surface area contributed by atoms with Gasteiger partial charge in [-0.05, 0) is 73.7 Å². The summed E-state index contributed by atoms with van der Waals surface area (Å²) >= 11 is 0. The van der Waals surface area contributed by atoms with Gasteiger partial charge in [0.05, 0.1) is 12.2 Å². The van der Waals surface area contributed by atoms with Crippen molar-refractivity contribution in [3.05, 3.63) is 76.4 Å². The van der Waals surface area contributed by atoms with Crippen LogP contribution in [0.15, 0.2) is 47.8 Å². The first-order valence-electron chi connectivity index (χ1n) is 13.9. The Morgan fingerprint density at radius 1 is 1.13 bits per heavy atom. The number of hydrogen-bond acceptors (Lipinski definition) is 7. The Morgan fingerprint density at radius 3 is 2.49 bits per heavy atom. The lowest BCUT2D eigenvalue weighted by atomic mass is 9.69. The van der Waals surface area contributed by atoms with Gasteiger partial charge in [0.25, 0.3) is 0 Å². The van der Waals surface area contributed by atoms with Crippen LogP contribution in [0.2, 0.25) is 0 Å². The molecule has 3 aromatic rings. The summed E-state index contributed by atoms with van der Waals surface area (Å²) in [7, 11) is 1.79. The van der Waals surface area contributed by atoms with Crippen molar-refractivity contribution in [1.29, 1.82) is 5.53 Å². The molecule has 0 spiro atoms. The number of nitrogens with zero attached hydrogens (tertiary/aromatic N) is 4. The third-order valence-corrected chi connectivity index (χ3v) is 8.33. The first-order valence-corrected chi connectivity index (χ1v) is 13.9. The van der Waals surface area contributed by atoms with E-state index >= 15 is 0 Å². The molecule has 0 amide bonds. The molecule has 1 atom stereocenters. The van der Waals surface area contributed by atoms with Gasteiger partial charge in [-0.15, -0.1) is 0 Å². The van der Waals surface area contributed by atoms with Crippen molar-refractivity contribution in [3.8, 4) is 0 Å². The SMILES string of the molecule is CNc1ccc([C@H](c2ccc(C)c(Cn3ccnc3CN3CCCCCC3)c2)C(C)(C)C(=O)[O-])c(C)c1N=N. The van der Waals surface area contributed by atoms with E-state index in [2.05, 4.69) is 43.9 Å². The number of hydrogen-bond donors (Lipinski definition) is 2. The lowest BCUT2D eigenvalue weighted by molar-refractivity contribution is -0.318. The van der Waals surface area contributed by atoms with Crippen molar-refractivity contribution in [2.24, 2.45) is 10.5 Å². The van der Waals surface area contributed by atoms with E-state index in [0.717, 1.165) is 59.0 Å². The van der Waals surface area contributed by atoms with Gasteiger partial charge in [0, 0.05) is 43.3 Å². The second kappa shape index (κ2) is 12.1. The van der Waals surface area contributed by atoms with Gasteiger partial charge in [0.15, 0.2) is 0 Å². The quantitative estimate of drug-likeness (QED) is 0.335. The minimum absolute atomic E-state index is 0.493. The number of aryl methyl sites for hydroxylation is 1. The molecule has 0 aliphatic carbocycles. The Labute approximate surface area is 232 Å². The number of imidazole rings is 1. The highest BCUT2D eigenvalue weighted by Gasteiger charge is 2.35. The van der Waals surface area contributed by atoms with Gasteiger partial charge in [-0.25, -0.2) is 10.5 Å². The number of carbonyl (C=O) groups excluding carboxylic acids is 1. The smallest absolute Gasteiger partial charge is 0.123 e. The summed E-state index contributed by atoms with van der Waals surface area (Å²) in [5.41, 5.74) is 12.6. The van der Waals surface area contributed by atoms with Crippen LogP contribution in [0.1, 0.15) is 79.1 Å². The highest BCUT2D eigenvalue weighted by Crippen LogP contribution is 2.45. The number of carboxylic acids is 1. The number of aromatic nitrogens is 2. The standard InChI is InChI=1S/C31H42N6O2/c1-21-10-11-23(18-24(21)19-37-17-14-34-27(37)20-36-15-8-6-7-9-16-36)28(31(3,4)30(38)39)25-12-13-26(33-5)29(35-32)22(25)2/h10-14,17-18,28,32-33H,6-9,15-16,19-20H2,1-5H3,(H,38,39)/p-1/t28-/m0/s1. The molecule has 0 radical (unpaired) electrons. The van der Waals surface area contributed by atoms with Gasteiger partial charge in [-0.3, -0.25) is 4.90 Å². The van der Waals surface area contributed by atoms with Crippen LogP contribution in [0, 0.1) is 24.8 Å². The zero-order valence-electron chi connectivity index (χ0n) is 23.9. The third kappa shape index (κ3) is 6.06. The summed E-state index contributed by atoms with van der Waals surface area (Å²) in [6.07, 6.45) is 8.98. The zero-order valence-corrected chi connectivity index (χ0v) is 23.9. The van der Waals surface area contributed by atoms with E-state index in [1.165, 1.54) is 25.7 Å². The monoisotopic (exact) mass is 529 g/mol. The summed E-state index contributed by atoms with van der Waals surface area (Å²) in [5.74, 6) is -0.563. The van der Waals surface area contributed by atoms with Gasteiger partial charge in [-0.1, -0.05) is 51.0 Å². The van der Waals surface area contributed by atoms with E-state index in [1.807, 2.05) is 37.5 Å². The number of rotatable bonds is 10. The highest BCUT2D eigenvalue weighted by atomic mass is 16.4. The average molecular weight is 530 g/mol. The lowest BCUT2D eigenvalue weighted by Crippen LogP contribution is -2.42. The van der Waals surface area contributed by atoms with Crippen molar-refractivity contribution in [2.75, 3.05) is 25.5 Å². The number of carboxylic acid groups (broad SMARTS) is 1. The summed E-state index contributed by atoms with van der Waals surface area (Å²) in [5, 5.41) is 19.3. The average Bonchev–Trinajstić information content (AvgIpc) is 3.17. The molecule has 2 aromatic carbocycles. The van der Waals surface area contributed by atoms with Crippen LogP contribution in [-0.4, -0.2) is 40.6 Å². The predicted molar refractivity (Wildman–Crippen MR) is 152 cm³/mol. The number of carbonyl (C=O) groups is 1. The Kier molecular flexibility index (Phi) is 8.85. The van der Waals surface area contributed by atoms with Crippen molar-refractivity contribution < 1.29 is 9.90 Å². The normalized spacial score (nSPS) is 15.5. The highest BCUT2D eigenvalue weighted by molar-refractivity contribution is 5.76. The number of anilines is 1. The van der Waals surface area contributed by atoms with E-state index < -0.39 is 17.3 Å². The molecule has 2 N–H and O–H groups in total. The van der Waals surface area contributed by atoms with Crippen LogP contribution in [0.4, 0.5) is 11.4 Å².